The predicted molar refractivity (Wildman–Crippen MR) is 126 cm³/mol. The van der Waals surface area contributed by atoms with Crippen molar-refractivity contribution in [1.82, 2.24) is 0 Å². The van der Waals surface area contributed by atoms with E-state index in [-0.39, 0.29) is 11.5 Å². The zero-order valence-electron chi connectivity index (χ0n) is 19.7. The molecule has 0 aliphatic carbocycles. The van der Waals surface area contributed by atoms with Gasteiger partial charge in [0.2, 0.25) is 5.91 Å². The van der Waals surface area contributed by atoms with Crippen LogP contribution in [0.3, 0.4) is 0 Å². The average molecular weight is 562 g/mol. The fourth-order valence-corrected chi connectivity index (χ4v) is 4.84. The van der Waals surface area contributed by atoms with E-state index in [1.807, 2.05) is 5.32 Å². The Morgan fingerprint density at radius 1 is 0.842 bits per heavy atom. The molecular weight excluding hydrogens is 542 g/mol. The second-order valence-electron chi connectivity index (χ2n) is 7.67. The van der Waals surface area contributed by atoms with Gasteiger partial charge in [-0.1, -0.05) is 18.2 Å². The molecule has 1 N–H and O–H groups in total. The van der Waals surface area contributed by atoms with E-state index in [0.717, 1.165) is 36.4 Å². The Labute approximate surface area is 213 Å². The molecule has 0 radical (unpaired) electrons. The summed E-state index contributed by atoms with van der Waals surface area (Å²) in [5.74, 6) is -1.11. The lowest BCUT2D eigenvalue weighted by Crippen LogP contribution is -2.38. The number of carbonyl (C=O) groups is 1. The summed E-state index contributed by atoms with van der Waals surface area (Å²) in [6.07, 6.45) is -9.68. The fourth-order valence-electron chi connectivity index (χ4n) is 3.42. The third-order valence-corrected chi connectivity index (χ3v) is 6.97. The zero-order valence-corrected chi connectivity index (χ0v) is 20.5. The van der Waals surface area contributed by atoms with Crippen molar-refractivity contribution in [2.24, 2.45) is 0 Å². The summed E-state index contributed by atoms with van der Waals surface area (Å²) in [7, 11) is -2.23. The Kier molecular flexibility index (Phi) is 8.15. The molecule has 0 saturated heterocycles. The number of benzene rings is 3. The quantitative estimate of drug-likeness (QED) is 0.363. The number of alkyl halides is 6. The average Bonchev–Trinajstić information content (AvgIpc) is 2.86. The van der Waals surface area contributed by atoms with E-state index < -0.39 is 62.2 Å². The first kappa shape index (κ1) is 28.6. The van der Waals surface area contributed by atoms with Crippen LogP contribution in [0.15, 0.2) is 71.6 Å². The standard InChI is InChI=1S/C24H20F6N2O5S/c1-36-20-11-10-17(13-21(20)37-2)38(34,35)32(16-7-5-6-15(12-16)23(25,26)27)14-22(33)31-19-9-4-3-8-18(19)24(28,29)30/h3-13H,14H2,1-2H3,(H,31,33). The number of nitrogens with one attached hydrogen (secondary N) is 1. The van der Waals surface area contributed by atoms with Crippen LogP contribution in [0.2, 0.25) is 0 Å². The lowest BCUT2D eigenvalue weighted by atomic mass is 10.1. The molecule has 204 valence electrons. The first-order valence-corrected chi connectivity index (χ1v) is 12.0. The number of rotatable bonds is 8. The molecule has 38 heavy (non-hydrogen) atoms. The van der Waals surface area contributed by atoms with Gasteiger partial charge in [-0.2, -0.15) is 26.3 Å². The molecule has 0 aliphatic heterocycles. The summed E-state index contributed by atoms with van der Waals surface area (Å²) in [5.41, 5.74) is -3.60. The van der Waals surface area contributed by atoms with Crippen molar-refractivity contribution in [2.75, 3.05) is 30.4 Å². The summed E-state index contributed by atoms with van der Waals surface area (Å²) in [6, 6.07) is 10.5. The van der Waals surface area contributed by atoms with Gasteiger partial charge in [0.1, 0.15) is 6.54 Å². The van der Waals surface area contributed by atoms with Crippen LogP contribution < -0.4 is 19.1 Å². The van der Waals surface area contributed by atoms with Crippen molar-refractivity contribution in [1.29, 1.82) is 0 Å². The van der Waals surface area contributed by atoms with Crippen LogP contribution in [0.5, 0.6) is 11.5 Å². The molecule has 0 heterocycles. The molecule has 3 aromatic carbocycles. The highest BCUT2D eigenvalue weighted by Crippen LogP contribution is 2.36. The monoisotopic (exact) mass is 562 g/mol. The van der Waals surface area contributed by atoms with Gasteiger partial charge in [-0.15, -0.1) is 0 Å². The second kappa shape index (κ2) is 10.8. The first-order valence-electron chi connectivity index (χ1n) is 10.6. The highest BCUT2D eigenvalue weighted by molar-refractivity contribution is 7.92. The smallest absolute Gasteiger partial charge is 0.418 e. The molecular formula is C24H20F6N2O5S. The summed E-state index contributed by atoms with van der Waals surface area (Å²) >= 11 is 0. The molecule has 7 nitrogen and oxygen atoms in total. The number of carbonyl (C=O) groups excluding carboxylic acids is 1. The molecule has 3 aromatic rings. The third-order valence-electron chi connectivity index (χ3n) is 5.20. The molecule has 14 heteroatoms. The zero-order chi connectivity index (χ0) is 28.3. The van der Waals surface area contributed by atoms with Gasteiger partial charge in [0.15, 0.2) is 11.5 Å². The van der Waals surface area contributed by atoms with Gasteiger partial charge in [-0.3, -0.25) is 9.10 Å². The maximum absolute atomic E-state index is 13.6. The van der Waals surface area contributed by atoms with E-state index >= 15 is 0 Å². The largest absolute Gasteiger partial charge is 0.493 e. The van der Waals surface area contributed by atoms with Crippen molar-refractivity contribution in [3.05, 3.63) is 77.9 Å². The highest BCUT2D eigenvalue weighted by Gasteiger charge is 2.35. The Hall–Kier alpha value is -3.94. The topological polar surface area (TPSA) is 84.9 Å². The second-order valence-corrected chi connectivity index (χ2v) is 9.53. The number of sulfonamides is 1. The normalized spacial score (nSPS) is 12.1. The molecule has 1 amide bonds. The Morgan fingerprint density at radius 3 is 2.11 bits per heavy atom. The van der Waals surface area contributed by atoms with Gasteiger partial charge in [-0.05, 0) is 42.5 Å². The highest BCUT2D eigenvalue weighted by atomic mass is 32.2. The SMILES string of the molecule is COc1ccc(S(=O)(=O)N(CC(=O)Nc2ccccc2C(F)(F)F)c2cccc(C(F)(F)F)c2)cc1OC. The van der Waals surface area contributed by atoms with Crippen molar-refractivity contribution in [2.45, 2.75) is 17.2 Å². The number of nitrogens with zero attached hydrogens (tertiary/aromatic N) is 1. The number of anilines is 2. The number of ether oxygens (including phenoxy) is 2. The van der Waals surface area contributed by atoms with Gasteiger partial charge >= 0.3 is 12.4 Å². The predicted octanol–water partition coefficient (Wildman–Crippen LogP) is 5.58. The maximum atomic E-state index is 13.6. The van der Waals surface area contributed by atoms with Crippen LogP contribution in [-0.2, 0) is 27.2 Å². The summed E-state index contributed by atoms with van der Waals surface area (Å²) in [4.78, 5) is 12.3. The Bertz CT molecular complexity index is 1420. The summed E-state index contributed by atoms with van der Waals surface area (Å²) < 4.78 is 118. The lowest BCUT2D eigenvalue weighted by molar-refractivity contribution is -0.138. The molecule has 0 spiro atoms. The van der Waals surface area contributed by atoms with Gasteiger partial charge < -0.3 is 14.8 Å². The minimum absolute atomic E-state index is 0.0267. The van der Waals surface area contributed by atoms with Gasteiger partial charge in [0, 0.05) is 6.07 Å². The Balaban J connectivity index is 2.08. The molecule has 0 unspecified atom stereocenters. The summed E-state index contributed by atoms with van der Waals surface area (Å²) in [6.45, 7) is -1.15. The number of hydrogen-bond acceptors (Lipinski definition) is 5. The van der Waals surface area contributed by atoms with E-state index in [0.29, 0.717) is 22.5 Å². The molecule has 0 atom stereocenters. The van der Waals surface area contributed by atoms with Crippen LogP contribution in [0.1, 0.15) is 11.1 Å². The van der Waals surface area contributed by atoms with Crippen molar-refractivity contribution >= 4 is 27.3 Å². The number of amides is 1. The fraction of sp³-hybridized carbons (Fsp3) is 0.208. The number of hydrogen-bond donors (Lipinski definition) is 1. The van der Waals surface area contributed by atoms with E-state index in [4.69, 9.17) is 9.47 Å². The van der Waals surface area contributed by atoms with Crippen LogP contribution in [0.25, 0.3) is 0 Å². The van der Waals surface area contributed by atoms with E-state index in [2.05, 4.69) is 0 Å². The molecule has 0 aromatic heterocycles. The number of methoxy groups -OCH3 is 2. The van der Waals surface area contributed by atoms with Crippen LogP contribution in [-0.4, -0.2) is 35.1 Å². The van der Waals surface area contributed by atoms with Gasteiger partial charge in [0.25, 0.3) is 10.0 Å². The number of para-hydroxylation sites is 1. The first-order chi connectivity index (χ1) is 17.7. The Morgan fingerprint density at radius 2 is 1.50 bits per heavy atom. The minimum Gasteiger partial charge on any atom is -0.493 e. The van der Waals surface area contributed by atoms with E-state index in [1.54, 1.807) is 0 Å². The van der Waals surface area contributed by atoms with Crippen molar-refractivity contribution in [3.8, 4) is 11.5 Å². The molecule has 0 bridgehead atoms. The lowest BCUT2D eigenvalue weighted by Gasteiger charge is -2.25. The van der Waals surface area contributed by atoms with Crippen molar-refractivity contribution < 1.29 is 49.0 Å². The van der Waals surface area contributed by atoms with Gasteiger partial charge in [0.05, 0.1) is 41.6 Å². The maximum Gasteiger partial charge on any atom is 0.418 e. The van der Waals surface area contributed by atoms with Crippen LogP contribution in [0.4, 0.5) is 37.7 Å². The minimum atomic E-state index is -4.84. The molecule has 0 aliphatic rings. The van der Waals surface area contributed by atoms with E-state index in [9.17, 15) is 39.6 Å². The van der Waals surface area contributed by atoms with Crippen LogP contribution in [0, 0.1) is 0 Å². The summed E-state index contributed by atoms with van der Waals surface area (Å²) in [5, 5.41) is 1.99. The van der Waals surface area contributed by atoms with Gasteiger partial charge in [-0.25, -0.2) is 8.42 Å². The molecule has 0 saturated carbocycles. The number of halogens is 6. The third kappa shape index (κ3) is 6.30. The van der Waals surface area contributed by atoms with E-state index in [1.165, 1.54) is 26.4 Å². The molecule has 0 fully saturated rings. The van der Waals surface area contributed by atoms with Crippen molar-refractivity contribution in [3.63, 3.8) is 0 Å². The molecule has 3 rings (SSSR count). The van der Waals surface area contributed by atoms with Crippen LogP contribution >= 0.6 is 0 Å².